The molecule has 0 aliphatic rings. The van der Waals surface area contributed by atoms with Gasteiger partial charge in [0.15, 0.2) is 11.5 Å². The van der Waals surface area contributed by atoms with Gasteiger partial charge in [-0.15, -0.1) is 11.6 Å². The van der Waals surface area contributed by atoms with Crippen LogP contribution in [0.5, 0.6) is 17.2 Å². The number of methoxy groups -OCH3 is 3. The predicted octanol–water partition coefficient (Wildman–Crippen LogP) is 2.34. The molecule has 0 amide bonds. The van der Waals surface area contributed by atoms with Gasteiger partial charge in [0, 0.05) is 24.9 Å². The van der Waals surface area contributed by atoms with Gasteiger partial charge in [0.05, 0.1) is 27.3 Å². The van der Waals surface area contributed by atoms with Crippen molar-refractivity contribution < 1.29 is 14.2 Å². The van der Waals surface area contributed by atoms with E-state index in [1.807, 2.05) is 24.1 Å². The van der Waals surface area contributed by atoms with Crippen LogP contribution in [-0.2, 0) is 0 Å². The molecular formula is C11H16ClNO3. The Labute approximate surface area is 101 Å². The molecule has 0 aliphatic heterocycles. The number of benzene rings is 1. The van der Waals surface area contributed by atoms with Crippen LogP contribution in [0.4, 0.5) is 5.69 Å². The van der Waals surface area contributed by atoms with Crippen molar-refractivity contribution in [2.75, 3.05) is 39.3 Å². The third-order valence-corrected chi connectivity index (χ3v) is 2.63. The van der Waals surface area contributed by atoms with Gasteiger partial charge in [0.2, 0.25) is 5.75 Å². The Bertz CT molecular complexity index is 332. The molecule has 0 fully saturated rings. The minimum atomic E-state index is 0.388. The molecule has 0 N–H and O–H groups in total. The smallest absolute Gasteiger partial charge is 0.203 e. The fourth-order valence-corrected chi connectivity index (χ4v) is 1.49. The molecule has 0 saturated heterocycles. The minimum Gasteiger partial charge on any atom is -0.493 e. The fourth-order valence-electron chi connectivity index (χ4n) is 1.36. The van der Waals surface area contributed by atoms with Crippen LogP contribution in [0.2, 0.25) is 0 Å². The zero-order chi connectivity index (χ0) is 12.1. The Morgan fingerprint density at radius 1 is 1.06 bits per heavy atom. The van der Waals surface area contributed by atoms with E-state index in [1.54, 1.807) is 21.3 Å². The lowest BCUT2D eigenvalue weighted by Gasteiger charge is -2.19. The maximum absolute atomic E-state index is 5.76. The third kappa shape index (κ3) is 2.44. The summed E-state index contributed by atoms with van der Waals surface area (Å²) in [6.45, 7) is 0. The van der Waals surface area contributed by atoms with Crippen molar-refractivity contribution in [3.63, 3.8) is 0 Å². The summed E-state index contributed by atoms with van der Waals surface area (Å²) in [6, 6.07) is 4.09. The minimum absolute atomic E-state index is 0.388. The van der Waals surface area contributed by atoms with Crippen LogP contribution in [0.25, 0.3) is 0 Å². The Morgan fingerprint density at radius 3 is 1.88 bits per heavy atom. The highest BCUT2D eigenvalue weighted by Crippen LogP contribution is 2.40. The Kier molecular flexibility index (Phi) is 4.55. The molecule has 0 radical (unpaired) electrons. The number of halogens is 1. The molecule has 0 spiro atoms. The van der Waals surface area contributed by atoms with E-state index in [1.165, 1.54) is 0 Å². The van der Waals surface area contributed by atoms with Crippen molar-refractivity contribution >= 4 is 17.3 Å². The van der Waals surface area contributed by atoms with Crippen molar-refractivity contribution in [1.82, 2.24) is 0 Å². The number of anilines is 1. The van der Waals surface area contributed by atoms with Gasteiger partial charge in [-0.2, -0.15) is 0 Å². The van der Waals surface area contributed by atoms with Gasteiger partial charge in [-0.3, -0.25) is 0 Å². The Hall–Kier alpha value is -1.29. The number of alkyl halides is 1. The molecule has 0 aromatic heterocycles. The van der Waals surface area contributed by atoms with Crippen molar-refractivity contribution in [2.24, 2.45) is 0 Å². The first-order valence-electron chi connectivity index (χ1n) is 4.75. The molecule has 16 heavy (non-hydrogen) atoms. The van der Waals surface area contributed by atoms with Gasteiger partial charge in [0.25, 0.3) is 0 Å². The summed E-state index contributed by atoms with van der Waals surface area (Å²) in [5.74, 6) is 1.82. The van der Waals surface area contributed by atoms with E-state index in [2.05, 4.69) is 0 Å². The molecule has 1 rings (SSSR count). The molecule has 0 atom stereocenters. The lowest BCUT2D eigenvalue weighted by atomic mass is 10.2. The summed E-state index contributed by atoms with van der Waals surface area (Å²) in [4.78, 5) is 1.87. The van der Waals surface area contributed by atoms with Gasteiger partial charge in [0.1, 0.15) is 0 Å². The SMILES string of the molecule is COc1cc(N(C)CCl)cc(OC)c1OC. The molecule has 0 aliphatic carbocycles. The number of rotatable bonds is 5. The summed E-state index contributed by atoms with van der Waals surface area (Å²) in [6.07, 6.45) is 0. The summed E-state index contributed by atoms with van der Waals surface area (Å²) < 4.78 is 15.7. The average molecular weight is 246 g/mol. The molecular weight excluding hydrogens is 230 g/mol. The second-order valence-electron chi connectivity index (χ2n) is 3.20. The van der Waals surface area contributed by atoms with Crippen molar-refractivity contribution in [1.29, 1.82) is 0 Å². The fraction of sp³-hybridized carbons (Fsp3) is 0.455. The van der Waals surface area contributed by atoms with Crippen LogP contribution in [0.15, 0.2) is 12.1 Å². The third-order valence-electron chi connectivity index (χ3n) is 2.27. The monoisotopic (exact) mass is 245 g/mol. The lowest BCUT2D eigenvalue weighted by molar-refractivity contribution is 0.324. The van der Waals surface area contributed by atoms with E-state index in [-0.39, 0.29) is 0 Å². The molecule has 0 heterocycles. The zero-order valence-corrected chi connectivity index (χ0v) is 10.7. The van der Waals surface area contributed by atoms with E-state index in [0.29, 0.717) is 23.3 Å². The van der Waals surface area contributed by atoms with E-state index in [9.17, 15) is 0 Å². The van der Waals surface area contributed by atoms with Crippen molar-refractivity contribution in [3.8, 4) is 17.2 Å². The topological polar surface area (TPSA) is 30.9 Å². The highest BCUT2D eigenvalue weighted by atomic mass is 35.5. The van der Waals surface area contributed by atoms with Gasteiger partial charge < -0.3 is 19.1 Å². The number of hydrogen-bond acceptors (Lipinski definition) is 4. The summed E-state index contributed by atoms with van der Waals surface area (Å²) in [5.41, 5.74) is 0.907. The quantitative estimate of drug-likeness (QED) is 0.589. The molecule has 0 saturated carbocycles. The van der Waals surface area contributed by atoms with Gasteiger partial charge in [-0.05, 0) is 0 Å². The standard InChI is InChI=1S/C11H16ClNO3/c1-13(7-12)8-5-9(14-2)11(16-4)10(6-8)15-3/h5-6H,7H2,1-4H3. The maximum Gasteiger partial charge on any atom is 0.203 e. The summed E-state index contributed by atoms with van der Waals surface area (Å²) >= 11 is 5.76. The highest BCUT2D eigenvalue weighted by molar-refractivity contribution is 6.19. The van der Waals surface area contributed by atoms with Crippen LogP contribution in [0.1, 0.15) is 0 Å². The molecule has 90 valence electrons. The largest absolute Gasteiger partial charge is 0.493 e. The van der Waals surface area contributed by atoms with Crippen molar-refractivity contribution in [2.45, 2.75) is 0 Å². The number of nitrogens with zero attached hydrogens (tertiary/aromatic N) is 1. The second-order valence-corrected chi connectivity index (χ2v) is 3.44. The predicted molar refractivity (Wildman–Crippen MR) is 65.2 cm³/mol. The zero-order valence-electron chi connectivity index (χ0n) is 9.91. The van der Waals surface area contributed by atoms with Crippen LogP contribution >= 0.6 is 11.6 Å². The molecule has 0 bridgehead atoms. The molecule has 1 aromatic rings. The number of ether oxygens (including phenoxy) is 3. The first kappa shape index (κ1) is 12.8. The van der Waals surface area contributed by atoms with Gasteiger partial charge >= 0.3 is 0 Å². The summed E-state index contributed by atoms with van der Waals surface area (Å²) in [7, 11) is 6.63. The van der Waals surface area contributed by atoms with Crippen LogP contribution in [0, 0.1) is 0 Å². The van der Waals surface area contributed by atoms with E-state index in [0.717, 1.165) is 5.69 Å². The Morgan fingerprint density at radius 2 is 1.56 bits per heavy atom. The van der Waals surface area contributed by atoms with Gasteiger partial charge in [-0.25, -0.2) is 0 Å². The van der Waals surface area contributed by atoms with Crippen LogP contribution < -0.4 is 19.1 Å². The average Bonchev–Trinajstić information content (AvgIpc) is 2.35. The number of hydrogen-bond donors (Lipinski definition) is 0. The van der Waals surface area contributed by atoms with E-state index < -0.39 is 0 Å². The molecule has 5 heteroatoms. The second kappa shape index (κ2) is 5.70. The van der Waals surface area contributed by atoms with Gasteiger partial charge in [-0.1, -0.05) is 0 Å². The maximum atomic E-state index is 5.76. The lowest BCUT2D eigenvalue weighted by Crippen LogP contribution is -2.14. The normalized spacial score (nSPS) is 9.81. The highest BCUT2D eigenvalue weighted by Gasteiger charge is 2.14. The molecule has 1 aromatic carbocycles. The first-order chi connectivity index (χ1) is 7.67. The first-order valence-corrected chi connectivity index (χ1v) is 5.28. The van der Waals surface area contributed by atoms with Crippen molar-refractivity contribution in [3.05, 3.63) is 12.1 Å². The van der Waals surface area contributed by atoms with Crippen LogP contribution in [0.3, 0.4) is 0 Å². The Balaban J connectivity index is 3.25. The van der Waals surface area contributed by atoms with E-state index >= 15 is 0 Å². The molecule has 4 nitrogen and oxygen atoms in total. The van der Waals surface area contributed by atoms with E-state index in [4.69, 9.17) is 25.8 Å². The van der Waals surface area contributed by atoms with Crippen LogP contribution in [-0.4, -0.2) is 34.4 Å². The summed E-state index contributed by atoms with van der Waals surface area (Å²) in [5, 5.41) is 0. The molecule has 0 unspecified atom stereocenters.